The molecule has 1 aromatic heterocycles. The Morgan fingerprint density at radius 3 is 2.59 bits per heavy atom. The summed E-state index contributed by atoms with van der Waals surface area (Å²) in [5.74, 6) is 0. The van der Waals surface area contributed by atoms with Crippen molar-refractivity contribution in [1.82, 2.24) is 4.98 Å². The van der Waals surface area contributed by atoms with Gasteiger partial charge < -0.3 is 4.98 Å². The van der Waals surface area contributed by atoms with Crippen LogP contribution in [0.15, 0.2) is 59.1 Å². The zero-order valence-corrected chi connectivity index (χ0v) is 10.9. The predicted octanol–water partition coefficient (Wildman–Crippen LogP) is 4.52. The molecule has 0 fully saturated rings. The Morgan fingerprint density at radius 1 is 0.941 bits per heavy atom. The molecular formula is C15H12BrN. The van der Waals surface area contributed by atoms with E-state index >= 15 is 0 Å². The third-order valence-corrected chi connectivity index (χ3v) is 3.37. The van der Waals surface area contributed by atoms with E-state index in [1.807, 2.05) is 6.07 Å². The van der Waals surface area contributed by atoms with E-state index in [1.165, 1.54) is 22.2 Å². The van der Waals surface area contributed by atoms with Crippen molar-refractivity contribution in [2.75, 3.05) is 0 Å². The number of H-pyrrole nitrogens is 1. The number of nitrogens with one attached hydrogen (secondary N) is 1. The second-order valence-corrected chi connectivity index (χ2v) is 5.10. The Hall–Kier alpha value is -1.54. The topological polar surface area (TPSA) is 15.8 Å². The van der Waals surface area contributed by atoms with E-state index in [9.17, 15) is 0 Å². The first-order valence-corrected chi connectivity index (χ1v) is 6.42. The highest BCUT2D eigenvalue weighted by Gasteiger charge is 2.02. The van der Waals surface area contributed by atoms with Crippen LogP contribution in [0.25, 0.3) is 10.9 Å². The highest BCUT2D eigenvalue weighted by molar-refractivity contribution is 9.10. The van der Waals surface area contributed by atoms with E-state index in [4.69, 9.17) is 0 Å². The van der Waals surface area contributed by atoms with Gasteiger partial charge in [-0.05, 0) is 29.8 Å². The van der Waals surface area contributed by atoms with Crippen molar-refractivity contribution in [3.8, 4) is 0 Å². The molecule has 2 aromatic carbocycles. The van der Waals surface area contributed by atoms with Crippen LogP contribution in [0.5, 0.6) is 0 Å². The van der Waals surface area contributed by atoms with E-state index in [-0.39, 0.29) is 0 Å². The molecule has 3 rings (SSSR count). The van der Waals surface area contributed by atoms with Crippen LogP contribution < -0.4 is 0 Å². The van der Waals surface area contributed by atoms with Gasteiger partial charge in [0.1, 0.15) is 0 Å². The maximum absolute atomic E-state index is 3.49. The maximum Gasteiger partial charge on any atom is 0.0456 e. The average Bonchev–Trinajstić information content (AvgIpc) is 2.71. The van der Waals surface area contributed by atoms with Crippen molar-refractivity contribution < 1.29 is 0 Å². The molecule has 0 bridgehead atoms. The molecule has 0 atom stereocenters. The van der Waals surface area contributed by atoms with Crippen LogP contribution in [0.3, 0.4) is 0 Å². The molecule has 0 saturated heterocycles. The number of benzene rings is 2. The fraction of sp³-hybridized carbons (Fsp3) is 0.0667. The average molecular weight is 286 g/mol. The van der Waals surface area contributed by atoms with E-state index in [0.29, 0.717) is 0 Å². The second kappa shape index (κ2) is 4.38. The molecule has 0 aliphatic carbocycles. The zero-order valence-electron chi connectivity index (χ0n) is 9.28. The summed E-state index contributed by atoms with van der Waals surface area (Å²) < 4.78 is 1.12. The van der Waals surface area contributed by atoms with Gasteiger partial charge in [-0.15, -0.1) is 0 Å². The largest absolute Gasteiger partial charge is 0.358 e. The van der Waals surface area contributed by atoms with E-state index < -0.39 is 0 Å². The van der Waals surface area contributed by atoms with Crippen LogP contribution in [-0.2, 0) is 6.42 Å². The highest BCUT2D eigenvalue weighted by atomic mass is 79.9. The van der Waals surface area contributed by atoms with Gasteiger partial charge in [-0.3, -0.25) is 0 Å². The van der Waals surface area contributed by atoms with Gasteiger partial charge in [0.15, 0.2) is 0 Å². The van der Waals surface area contributed by atoms with E-state index in [1.54, 1.807) is 0 Å². The van der Waals surface area contributed by atoms with Crippen LogP contribution in [0, 0.1) is 0 Å². The Morgan fingerprint density at radius 2 is 1.76 bits per heavy atom. The van der Waals surface area contributed by atoms with Gasteiger partial charge in [0.2, 0.25) is 0 Å². The first-order valence-electron chi connectivity index (χ1n) is 5.62. The number of hydrogen-bond donors (Lipinski definition) is 1. The van der Waals surface area contributed by atoms with E-state index in [2.05, 4.69) is 69.4 Å². The lowest BCUT2D eigenvalue weighted by Gasteiger charge is -1.97. The second-order valence-electron chi connectivity index (χ2n) is 4.19. The summed E-state index contributed by atoms with van der Waals surface area (Å²) in [6.07, 6.45) is 0.952. The molecule has 0 unspecified atom stereocenters. The lowest BCUT2D eigenvalue weighted by Crippen LogP contribution is -1.86. The lowest BCUT2D eigenvalue weighted by molar-refractivity contribution is 1.12. The van der Waals surface area contributed by atoms with Crippen molar-refractivity contribution in [3.63, 3.8) is 0 Å². The number of halogens is 1. The SMILES string of the molecule is Brc1ccc2[nH]c(Cc3ccccc3)cc2c1. The molecule has 0 saturated carbocycles. The first kappa shape index (κ1) is 10.6. The normalized spacial score (nSPS) is 10.9. The minimum atomic E-state index is 0.952. The van der Waals surface area contributed by atoms with Crippen molar-refractivity contribution in [1.29, 1.82) is 0 Å². The van der Waals surface area contributed by atoms with Gasteiger partial charge in [0.05, 0.1) is 0 Å². The van der Waals surface area contributed by atoms with Gasteiger partial charge in [-0.2, -0.15) is 0 Å². The molecule has 0 radical (unpaired) electrons. The Balaban J connectivity index is 1.96. The van der Waals surface area contributed by atoms with Crippen LogP contribution in [0.2, 0.25) is 0 Å². The van der Waals surface area contributed by atoms with E-state index in [0.717, 1.165) is 10.9 Å². The van der Waals surface area contributed by atoms with Gasteiger partial charge in [-0.1, -0.05) is 46.3 Å². The Bertz CT molecular complexity index is 640. The molecule has 1 N–H and O–H groups in total. The van der Waals surface area contributed by atoms with Crippen LogP contribution in [-0.4, -0.2) is 4.98 Å². The quantitative estimate of drug-likeness (QED) is 0.713. The van der Waals surface area contributed by atoms with Gasteiger partial charge in [0.25, 0.3) is 0 Å². The molecule has 0 amide bonds. The summed E-state index contributed by atoms with van der Waals surface area (Å²) in [6.45, 7) is 0. The first-order chi connectivity index (χ1) is 8.31. The fourth-order valence-corrected chi connectivity index (χ4v) is 2.45. The van der Waals surface area contributed by atoms with Crippen molar-refractivity contribution in [2.45, 2.75) is 6.42 Å². The van der Waals surface area contributed by atoms with Crippen LogP contribution in [0.1, 0.15) is 11.3 Å². The van der Waals surface area contributed by atoms with Crippen molar-refractivity contribution in [2.24, 2.45) is 0 Å². The molecule has 0 aliphatic rings. The molecule has 3 aromatic rings. The molecule has 1 nitrogen and oxygen atoms in total. The zero-order chi connectivity index (χ0) is 11.7. The molecule has 2 heteroatoms. The minimum absolute atomic E-state index is 0.952. The minimum Gasteiger partial charge on any atom is -0.358 e. The molecule has 17 heavy (non-hydrogen) atoms. The standard InChI is InChI=1S/C15H12BrN/c16-13-6-7-15-12(9-13)10-14(17-15)8-11-4-2-1-3-5-11/h1-7,9-10,17H,8H2. The molecule has 1 heterocycles. The maximum atomic E-state index is 3.49. The van der Waals surface area contributed by atoms with Gasteiger partial charge in [-0.25, -0.2) is 0 Å². The Labute approximate surface area is 109 Å². The number of rotatable bonds is 2. The third kappa shape index (κ3) is 2.27. The van der Waals surface area contributed by atoms with Crippen LogP contribution in [0.4, 0.5) is 0 Å². The fourth-order valence-electron chi connectivity index (χ4n) is 2.07. The smallest absolute Gasteiger partial charge is 0.0456 e. The molecule has 84 valence electrons. The third-order valence-electron chi connectivity index (χ3n) is 2.88. The monoisotopic (exact) mass is 285 g/mol. The van der Waals surface area contributed by atoms with Gasteiger partial charge >= 0.3 is 0 Å². The number of hydrogen-bond acceptors (Lipinski definition) is 0. The summed E-state index contributed by atoms with van der Waals surface area (Å²) >= 11 is 3.49. The number of fused-ring (bicyclic) bond motifs is 1. The van der Waals surface area contributed by atoms with Gasteiger partial charge in [0, 0.05) is 27.5 Å². The molecule has 0 spiro atoms. The lowest BCUT2D eigenvalue weighted by atomic mass is 10.1. The highest BCUT2D eigenvalue weighted by Crippen LogP contribution is 2.21. The van der Waals surface area contributed by atoms with Crippen LogP contribution >= 0.6 is 15.9 Å². The summed E-state index contributed by atoms with van der Waals surface area (Å²) in [5.41, 5.74) is 3.78. The number of aromatic amines is 1. The molecular weight excluding hydrogens is 274 g/mol. The van der Waals surface area contributed by atoms with Crippen molar-refractivity contribution >= 4 is 26.8 Å². The molecule has 0 aliphatic heterocycles. The predicted molar refractivity (Wildman–Crippen MR) is 75.2 cm³/mol. The van der Waals surface area contributed by atoms with Crippen molar-refractivity contribution in [3.05, 3.63) is 70.3 Å². The summed E-state index contributed by atoms with van der Waals surface area (Å²) in [4.78, 5) is 3.45. The summed E-state index contributed by atoms with van der Waals surface area (Å²) in [5, 5.41) is 1.25. The Kier molecular flexibility index (Phi) is 2.73. The summed E-state index contributed by atoms with van der Waals surface area (Å²) in [7, 11) is 0. The summed E-state index contributed by atoms with van der Waals surface area (Å²) in [6, 6.07) is 19.0. The number of aromatic nitrogens is 1.